The standard InChI is InChI=1S/C19H24FN3O3/c20-16-3-7-18(8-4-16)26-10-9-25-17-5-1-14(2-6-17)11-21-19(24)15-12-22-23-13-15/h3-4,7-8,12-14,17H,1-2,5-6,9-11H2,(H,21,24)(H,22,23)/t14-,17+. The van der Waals surface area contributed by atoms with Crippen molar-refractivity contribution in [3.8, 4) is 5.75 Å². The molecule has 1 aromatic heterocycles. The number of halogens is 1. The lowest BCUT2D eigenvalue weighted by Crippen LogP contribution is -2.32. The van der Waals surface area contributed by atoms with Crippen LogP contribution in [0.3, 0.4) is 0 Å². The van der Waals surface area contributed by atoms with E-state index >= 15 is 0 Å². The Kier molecular flexibility index (Phi) is 6.60. The van der Waals surface area contributed by atoms with E-state index in [-0.39, 0.29) is 17.8 Å². The molecule has 1 heterocycles. The van der Waals surface area contributed by atoms with Crippen LogP contribution >= 0.6 is 0 Å². The molecule has 0 spiro atoms. The number of ether oxygens (including phenoxy) is 2. The van der Waals surface area contributed by atoms with Gasteiger partial charge >= 0.3 is 0 Å². The third kappa shape index (κ3) is 5.56. The van der Waals surface area contributed by atoms with Crippen LogP contribution in [0.15, 0.2) is 36.7 Å². The van der Waals surface area contributed by atoms with Crippen molar-refractivity contribution >= 4 is 5.91 Å². The summed E-state index contributed by atoms with van der Waals surface area (Å²) in [7, 11) is 0. The van der Waals surface area contributed by atoms with Gasteiger partial charge in [0.15, 0.2) is 0 Å². The number of nitrogens with zero attached hydrogens (tertiary/aromatic N) is 1. The van der Waals surface area contributed by atoms with E-state index in [0.717, 1.165) is 25.7 Å². The number of hydrogen-bond acceptors (Lipinski definition) is 4. The molecule has 0 radical (unpaired) electrons. The maximum absolute atomic E-state index is 12.8. The third-order valence-corrected chi connectivity index (χ3v) is 4.62. The van der Waals surface area contributed by atoms with Crippen LogP contribution < -0.4 is 10.1 Å². The molecule has 0 bridgehead atoms. The van der Waals surface area contributed by atoms with Gasteiger partial charge in [-0.25, -0.2) is 4.39 Å². The molecule has 0 saturated heterocycles. The van der Waals surface area contributed by atoms with E-state index < -0.39 is 0 Å². The van der Waals surface area contributed by atoms with Crippen LogP contribution in [0, 0.1) is 11.7 Å². The minimum atomic E-state index is -0.272. The first-order valence-corrected chi connectivity index (χ1v) is 8.97. The number of aromatic nitrogens is 2. The molecule has 1 aliphatic carbocycles. The highest BCUT2D eigenvalue weighted by atomic mass is 19.1. The molecule has 0 atom stereocenters. The molecule has 0 unspecified atom stereocenters. The minimum Gasteiger partial charge on any atom is -0.491 e. The van der Waals surface area contributed by atoms with Crippen LogP contribution in [0.4, 0.5) is 4.39 Å². The fraction of sp³-hybridized carbons (Fsp3) is 0.474. The van der Waals surface area contributed by atoms with Gasteiger partial charge in [0.05, 0.1) is 24.5 Å². The number of nitrogens with one attached hydrogen (secondary N) is 2. The average molecular weight is 361 g/mol. The second-order valence-corrected chi connectivity index (χ2v) is 6.51. The van der Waals surface area contributed by atoms with Crippen molar-refractivity contribution in [2.24, 2.45) is 5.92 Å². The van der Waals surface area contributed by atoms with Gasteiger partial charge in [-0.2, -0.15) is 5.10 Å². The molecule has 3 rings (SSSR count). The molecule has 7 heteroatoms. The number of aromatic amines is 1. The maximum atomic E-state index is 12.8. The summed E-state index contributed by atoms with van der Waals surface area (Å²) >= 11 is 0. The van der Waals surface area contributed by atoms with Gasteiger partial charge in [0.1, 0.15) is 18.2 Å². The molecule has 2 aromatic rings. The fourth-order valence-corrected chi connectivity index (χ4v) is 3.12. The number of hydrogen-bond donors (Lipinski definition) is 2. The molecule has 2 N–H and O–H groups in total. The second-order valence-electron chi connectivity index (χ2n) is 6.51. The Morgan fingerprint density at radius 3 is 2.65 bits per heavy atom. The van der Waals surface area contributed by atoms with E-state index in [0.29, 0.717) is 37.0 Å². The molecule has 6 nitrogen and oxygen atoms in total. The van der Waals surface area contributed by atoms with Gasteiger partial charge in [0.2, 0.25) is 0 Å². The van der Waals surface area contributed by atoms with Crippen LogP contribution in [0.2, 0.25) is 0 Å². The molecule has 140 valence electrons. The summed E-state index contributed by atoms with van der Waals surface area (Å²) in [5, 5.41) is 9.37. The quantitative estimate of drug-likeness (QED) is 0.709. The highest BCUT2D eigenvalue weighted by molar-refractivity contribution is 5.93. The molecule has 1 amide bonds. The van der Waals surface area contributed by atoms with Gasteiger partial charge < -0.3 is 14.8 Å². The van der Waals surface area contributed by atoms with E-state index in [2.05, 4.69) is 15.5 Å². The Hall–Kier alpha value is -2.41. The fourth-order valence-electron chi connectivity index (χ4n) is 3.12. The first-order chi connectivity index (χ1) is 12.7. The Morgan fingerprint density at radius 2 is 1.96 bits per heavy atom. The summed E-state index contributed by atoms with van der Waals surface area (Å²) in [6, 6.07) is 5.97. The van der Waals surface area contributed by atoms with E-state index in [1.165, 1.54) is 18.3 Å². The highest BCUT2D eigenvalue weighted by Gasteiger charge is 2.22. The summed E-state index contributed by atoms with van der Waals surface area (Å²) in [4.78, 5) is 11.9. The van der Waals surface area contributed by atoms with Crippen molar-refractivity contribution in [3.63, 3.8) is 0 Å². The van der Waals surface area contributed by atoms with E-state index in [4.69, 9.17) is 9.47 Å². The van der Waals surface area contributed by atoms with Crippen LogP contribution in [-0.4, -0.2) is 42.0 Å². The second kappa shape index (κ2) is 9.33. The number of rotatable bonds is 8. The lowest BCUT2D eigenvalue weighted by Gasteiger charge is -2.28. The van der Waals surface area contributed by atoms with Gasteiger partial charge in [0.25, 0.3) is 5.91 Å². The zero-order chi connectivity index (χ0) is 18.2. The van der Waals surface area contributed by atoms with Gasteiger partial charge in [-0.15, -0.1) is 0 Å². The molecule has 1 saturated carbocycles. The summed E-state index contributed by atoms with van der Waals surface area (Å²) in [5.41, 5.74) is 0.558. The summed E-state index contributed by atoms with van der Waals surface area (Å²) in [6.45, 7) is 1.65. The van der Waals surface area contributed by atoms with Gasteiger partial charge in [-0.05, 0) is 55.9 Å². The number of carbonyl (C=O) groups excluding carboxylic acids is 1. The Bertz CT molecular complexity index is 668. The molecule has 26 heavy (non-hydrogen) atoms. The predicted octanol–water partition coefficient (Wildman–Crippen LogP) is 2.93. The van der Waals surface area contributed by atoms with Crippen LogP contribution in [0.1, 0.15) is 36.0 Å². The zero-order valence-corrected chi connectivity index (χ0v) is 14.6. The molecular weight excluding hydrogens is 337 g/mol. The predicted molar refractivity (Wildman–Crippen MR) is 94.5 cm³/mol. The maximum Gasteiger partial charge on any atom is 0.254 e. The molecule has 1 aromatic carbocycles. The first kappa shape index (κ1) is 18.4. The van der Waals surface area contributed by atoms with Crippen LogP contribution in [-0.2, 0) is 4.74 Å². The molecule has 1 aliphatic rings. The SMILES string of the molecule is O=C(NC[C@H]1CC[C@@H](OCCOc2ccc(F)cc2)CC1)c1cn[nH]c1. The van der Waals surface area contributed by atoms with Crippen molar-refractivity contribution < 1.29 is 18.7 Å². The third-order valence-electron chi connectivity index (χ3n) is 4.62. The number of H-pyrrole nitrogens is 1. The largest absolute Gasteiger partial charge is 0.491 e. The zero-order valence-electron chi connectivity index (χ0n) is 14.6. The van der Waals surface area contributed by atoms with Crippen molar-refractivity contribution in [3.05, 3.63) is 48.0 Å². The van der Waals surface area contributed by atoms with E-state index in [1.54, 1.807) is 18.3 Å². The van der Waals surface area contributed by atoms with Crippen LogP contribution in [0.5, 0.6) is 5.75 Å². The van der Waals surface area contributed by atoms with E-state index in [1.807, 2.05) is 0 Å². The Morgan fingerprint density at radius 1 is 1.19 bits per heavy atom. The molecule has 0 aliphatic heterocycles. The summed E-state index contributed by atoms with van der Waals surface area (Å²) < 4.78 is 24.2. The number of benzene rings is 1. The Labute approximate surface area is 152 Å². The summed E-state index contributed by atoms with van der Waals surface area (Å²) in [5.74, 6) is 0.773. The average Bonchev–Trinajstić information content (AvgIpc) is 3.20. The minimum absolute atomic E-state index is 0.0879. The first-order valence-electron chi connectivity index (χ1n) is 8.97. The van der Waals surface area contributed by atoms with Gasteiger partial charge in [-0.1, -0.05) is 0 Å². The smallest absolute Gasteiger partial charge is 0.254 e. The lowest BCUT2D eigenvalue weighted by atomic mass is 9.87. The Balaban J connectivity index is 1.26. The highest BCUT2D eigenvalue weighted by Crippen LogP contribution is 2.25. The van der Waals surface area contributed by atoms with Crippen LogP contribution in [0.25, 0.3) is 0 Å². The summed E-state index contributed by atoms with van der Waals surface area (Å²) in [6.07, 6.45) is 7.41. The lowest BCUT2D eigenvalue weighted by molar-refractivity contribution is 0.00439. The van der Waals surface area contributed by atoms with Gasteiger partial charge in [0, 0.05) is 12.7 Å². The normalized spacial score (nSPS) is 19.9. The number of carbonyl (C=O) groups is 1. The molecular formula is C19H24FN3O3. The topological polar surface area (TPSA) is 76.2 Å². The number of amides is 1. The van der Waals surface area contributed by atoms with Crippen molar-refractivity contribution in [1.82, 2.24) is 15.5 Å². The van der Waals surface area contributed by atoms with Crippen molar-refractivity contribution in [2.75, 3.05) is 19.8 Å². The van der Waals surface area contributed by atoms with Gasteiger partial charge in [-0.3, -0.25) is 9.89 Å². The monoisotopic (exact) mass is 361 g/mol. The van der Waals surface area contributed by atoms with Crippen molar-refractivity contribution in [2.45, 2.75) is 31.8 Å². The molecule has 1 fully saturated rings. The van der Waals surface area contributed by atoms with Crippen molar-refractivity contribution in [1.29, 1.82) is 0 Å². The van der Waals surface area contributed by atoms with E-state index in [9.17, 15) is 9.18 Å².